The van der Waals surface area contributed by atoms with E-state index < -0.39 is 8.32 Å². The van der Waals surface area contributed by atoms with E-state index in [0.717, 1.165) is 6.61 Å². The maximum atomic E-state index is 7.07. The Labute approximate surface area is 345 Å². The lowest BCUT2D eigenvalue weighted by Gasteiger charge is -2.43. The summed E-state index contributed by atoms with van der Waals surface area (Å²) < 4.78 is 7.07. The third kappa shape index (κ3) is 23.8. The molecule has 0 N–H and O–H groups in total. The third-order valence-electron chi connectivity index (χ3n) is 11.8. The summed E-state index contributed by atoms with van der Waals surface area (Å²) in [6, 6.07) is 22.2. The van der Waals surface area contributed by atoms with Gasteiger partial charge in [0.25, 0.3) is 8.32 Å². The summed E-state index contributed by atoms with van der Waals surface area (Å²) in [5.74, 6) is 0. The van der Waals surface area contributed by atoms with Gasteiger partial charge in [0, 0.05) is 6.61 Å². The Bertz CT molecular complexity index is 1110. The molecule has 1 nitrogen and oxygen atoms in total. The van der Waals surface area contributed by atoms with E-state index in [9.17, 15) is 0 Å². The Morgan fingerprint density at radius 1 is 0.382 bits per heavy atom. The number of allylic oxidation sites excluding steroid dienone is 4. The molecule has 0 saturated carbocycles. The number of rotatable bonds is 37. The van der Waals surface area contributed by atoms with Crippen molar-refractivity contribution in [2.24, 2.45) is 0 Å². The summed E-state index contributed by atoms with van der Waals surface area (Å²) in [6.45, 7) is 10.3. The average molecular weight is 771 g/mol. The molecule has 0 amide bonds. The number of benzene rings is 2. The van der Waals surface area contributed by atoms with Gasteiger partial charge in [-0.2, -0.15) is 0 Å². The molecule has 0 saturated heterocycles. The molecule has 2 heteroatoms. The van der Waals surface area contributed by atoms with Crippen molar-refractivity contribution in [2.75, 3.05) is 6.61 Å². The highest BCUT2D eigenvalue weighted by molar-refractivity contribution is 6.99. The molecule has 0 aliphatic rings. The average Bonchev–Trinajstić information content (AvgIpc) is 3.19. The number of hydrogen-bond donors (Lipinski definition) is 0. The highest BCUT2D eigenvalue weighted by Gasteiger charge is 2.49. The summed E-state index contributed by atoms with van der Waals surface area (Å²) >= 11 is 0. The molecule has 0 spiro atoms. The van der Waals surface area contributed by atoms with Crippen LogP contribution >= 0.6 is 0 Å². The van der Waals surface area contributed by atoms with E-state index >= 15 is 0 Å². The first-order valence-electron chi connectivity index (χ1n) is 24.1. The van der Waals surface area contributed by atoms with Gasteiger partial charge in [0.05, 0.1) is 0 Å². The molecule has 0 fully saturated rings. The molecule has 2 rings (SSSR count). The van der Waals surface area contributed by atoms with Crippen molar-refractivity contribution in [2.45, 2.75) is 232 Å². The van der Waals surface area contributed by atoms with E-state index in [1.54, 1.807) is 0 Å². The van der Waals surface area contributed by atoms with Crippen molar-refractivity contribution in [3.63, 3.8) is 0 Å². The van der Waals surface area contributed by atoms with Crippen LogP contribution in [0.5, 0.6) is 0 Å². The first-order chi connectivity index (χ1) is 27.0. The Balaban J connectivity index is 1.31. The van der Waals surface area contributed by atoms with Gasteiger partial charge in [-0.25, -0.2) is 0 Å². The molecule has 0 heterocycles. The zero-order valence-electron chi connectivity index (χ0n) is 37.1. The van der Waals surface area contributed by atoms with Gasteiger partial charge in [0.2, 0.25) is 0 Å². The molecule has 0 aliphatic heterocycles. The predicted molar refractivity (Wildman–Crippen MR) is 251 cm³/mol. The minimum absolute atomic E-state index is 0.0672. The minimum Gasteiger partial charge on any atom is -0.407 e. The Hall–Kier alpha value is -1.90. The van der Waals surface area contributed by atoms with Crippen molar-refractivity contribution in [3.8, 4) is 0 Å². The lowest BCUT2D eigenvalue weighted by atomic mass is 10.0. The normalized spacial score (nSPS) is 12.4. The van der Waals surface area contributed by atoms with E-state index in [2.05, 4.69) is 113 Å². The maximum Gasteiger partial charge on any atom is 0.261 e. The van der Waals surface area contributed by atoms with Gasteiger partial charge in [0.1, 0.15) is 0 Å². The smallest absolute Gasteiger partial charge is 0.261 e. The van der Waals surface area contributed by atoms with Gasteiger partial charge in [0.15, 0.2) is 0 Å². The van der Waals surface area contributed by atoms with Gasteiger partial charge in [-0.1, -0.05) is 254 Å². The molecular formula is C53H90OSi. The van der Waals surface area contributed by atoms with E-state index in [4.69, 9.17) is 4.43 Å². The van der Waals surface area contributed by atoms with Crippen molar-refractivity contribution in [3.05, 3.63) is 85.0 Å². The number of hydrogen-bond acceptors (Lipinski definition) is 1. The molecule has 0 atom stereocenters. The number of unbranched alkanes of at least 4 members (excludes halogenated alkanes) is 28. The van der Waals surface area contributed by atoms with Crippen molar-refractivity contribution in [1.82, 2.24) is 0 Å². The Kier molecular flexibility index (Phi) is 30.6. The molecule has 0 unspecified atom stereocenters. The molecule has 0 aliphatic carbocycles. The second-order valence-electron chi connectivity index (χ2n) is 17.8. The first-order valence-corrected chi connectivity index (χ1v) is 26.0. The molecule has 312 valence electrons. The lowest BCUT2D eigenvalue weighted by molar-refractivity contribution is 0.286. The lowest BCUT2D eigenvalue weighted by Crippen LogP contribution is -2.66. The first kappa shape index (κ1) is 49.2. The van der Waals surface area contributed by atoms with E-state index in [0.29, 0.717) is 0 Å². The maximum absolute atomic E-state index is 7.07. The highest BCUT2D eigenvalue weighted by atomic mass is 28.4. The van der Waals surface area contributed by atoms with Crippen LogP contribution < -0.4 is 10.4 Å². The molecule has 0 bridgehead atoms. The van der Waals surface area contributed by atoms with Crippen LogP contribution in [0.4, 0.5) is 0 Å². The quantitative estimate of drug-likeness (QED) is 0.0378. The fraction of sp³-hybridized carbons (Fsp3) is 0.698. The molecule has 2 aromatic rings. The zero-order chi connectivity index (χ0) is 39.4. The van der Waals surface area contributed by atoms with Crippen LogP contribution in [0.3, 0.4) is 0 Å². The van der Waals surface area contributed by atoms with Crippen LogP contribution in [0.1, 0.15) is 227 Å². The summed E-state index contributed by atoms with van der Waals surface area (Å²) in [6.07, 6.45) is 52.8. The molecular weight excluding hydrogens is 681 g/mol. The fourth-order valence-electron chi connectivity index (χ4n) is 8.39. The summed E-state index contributed by atoms with van der Waals surface area (Å²) in [5, 5.41) is 2.85. The largest absolute Gasteiger partial charge is 0.407 e. The van der Waals surface area contributed by atoms with Crippen LogP contribution in [0.25, 0.3) is 0 Å². The van der Waals surface area contributed by atoms with Crippen molar-refractivity contribution >= 4 is 18.7 Å². The molecule has 2 aromatic carbocycles. The van der Waals surface area contributed by atoms with E-state index in [-0.39, 0.29) is 5.04 Å². The van der Waals surface area contributed by atoms with Gasteiger partial charge in [-0.05, 0) is 73.2 Å². The summed E-state index contributed by atoms with van der Waals surface area (Å²) in [7, 11) is -2.38. The van der Waals surface area contributed by atoms with Crippen LogP contribution in [-0.4, -0.2) is 14.9 Å². The van der Waals surface area contributed by atoms with Crippen LogP contribution in [-0.2, 0) is 4.43 Å². The van der Waals surface area contributed by atoms with Crippen molar-refractivity contribution in [1.29, 1.82) is 0 Å². The van der Waals surface area contributed by atoms with Crippen LogP contribution in [0.15, 0.2) is 85.0 Å². The monoisotopic (exact) mass is 771 g/mol. The fourth-order valence-corrected chi connectivity index (χ4v) is 13.0. The van der Waals surface area contributed by atoms with E-state index in [1.165, 1.54) is 209 Å². The van der Waals surface area contributed by atoms with Gasteiger partial charge < -0.3 is 4.43 Å². The third-order valence-corrected chi connectivity index (χ3v) is 16.8. The summed E-state index contributed by atoms with van der Waals surface area (Å²) in [4.78, 5) is 0. The standard InChI is InChI=1S/C53H90OSi/c1-5-6-7-8-9-10-11-12-13-14-15-16-17-18-19-20-21-22-23-24-25-26-27-28-29-30-31-32-33-34-35-36-37-38-45-50-54-55(53(2,3)4,51-46-41-39-42-47-51)52-48-43-40-44-49-52/h11-12,17-18,39-44,46-49H,5-10,13-16,19-38,45,50H2,1-4H3/b12-11+,18-17+. The SMILES string of the molecule is CCCCCCC/C=C/CCCC/C=C/CCCCCCCCCCCCCCCCCCCCCCO[Si](c1ccccc1)(c1ccccc1)C(C)(C)C. The molecule has 0 aromatic heterocycles. The van der Waals surface area contributed by atoms with Crippen LogP contribution in [0.2, 0.25) is 5.04 Å². The zero-order valence-corrected chi connectivity index (χ0v) is 38.1. The van der Waals surface area contributed by atoms with Gasteiger partial charge in [-0.15, -0.1) is 0 Å². The molecule has 0 radical (unpaired) electrons. The Morgan fingerprint density at radius 2 is 0.655 bits per heavy atom. The summed E-state index contributed by atoms with van der Waals surface area (Å²) in [5.41, 5.74) is 0. The van der Waals surface area contributed by atoms with Crippen molar-refractivity contribution < 1.29 is 4.43 Å². The predicted octanol–water partition coefficient (Wildman–Crippen LogP) is 16.8. The van der Waals surface area contributed by atoms with Gasteiger partial charge in [-0.3, -0.25) is 0 Å². The second kappa shape index (κ2) is 34.2. The topological polar surface area (TPSA) is 9.23 Å². The van der Waals surface area contributed by atoms with Gasteiger partial charge >= 0.3 is 0 Å². The highest BCUT2D eigenvalue weighted by Crippen LogP contribution is 2.37. The second-order valence-corrected chi connectivity index (χ2v) is 22.1. The van der Waals surface area contributed by atoms with E-state index in [1.807, 2.05) is 0 Å². The minimum atomic E-state index is -2.38. The van der Waals surface area contributed by atoms with Crippen LogP contribution in [0, 0.1) is 0 Å². The molecule has 55 heavy (non-hydrogen) atoms. The Morgan fingerprint density at radius 3 is 0.964 bits per heavy atom.